The lowest BCUT2D eigenvalue weighted by molar-refractivity contribution is -0.145. The first-order chi connectivity index (χ1) is 14.6. The zero-order chi connectivity index (χ0) is 20.7. The molecule has 0 radical (unpaired) electrons. The van der Waals surface area contributed by atoms with Crippen LogP contribution in [0, 0.1) is 0 Å². The van der Waals surface area contributed by atoms with Crippen LogP contribution < -0.4 is 11.1 Å². The van der Waals surface area contributed by atoms with E-state index in [1.165, 1.54) is 39.6 Å². The molecule has 10 heteroatoms. The van der Waals surface area contributed by atoms with Crippen molar-refractivity contribution in [3.63, 3.8) is 0 Å². The number of carbonyl (C=O) groups excluding carboxylic acids is 1. The Labute approximate surface area is 176 Å². The van der Waals surface area contributed by atoms with Crippen molar-refractivity contribution in [2.24, 2.45) is 0 Å². The molecule has 5 aromatic rings. The summed E-state index contributed by atoms with van der Waals surface area (Å²) in [5.74, 6) is -0.481. The van der Waals surface area contributed by atoms with E-state index in [9.17, 15) is 14.4 Å². The highest BCUT2D eigenvalue weighted by Crippen LogP contribution is 2.23. The van der Waals surface area contributed by atoms with Gasteiger partial charge in [-0.3, -0.25) is 23.4 Å². The molecule has 0 unspecified atom stereocenters. The lowest BCUT2D eigenvalue weighted by Gasteiger charge is -2.06. The molecule has 1 aromatic carbocycles. The van der Waals surface area contributed by atoms with E-state index >= 15 is 0 Å². The average Bonchev–Trinajstić information content (AvgIpc) is 3.36. The number of nitrogens with zero attached hydrogens (tertiary/aromatic N) is 4. The summed E-state index contributed by atoms with van der Waals surface area (Å²) in [5, 5.41) is 2.35. The molecule has 4 heterocycles. The third kappa shape index (κ3) is 3.29. The number of esters is 1. The number of benzene rings is 1. The van der Waals surface area contributed by atoms with Gasteiger partial charge in [0.25, 0.3) is 11.1 Å². The van der Waals surface area contributed by atoms with E-state index in [1.54, 1.807) is 15.8 Å². The molecule has 0 fully saturated rings. The predicted octanol–water partition coefficient (Wildman–Crippen LogP) is 2.81. The molecular formula is C20H14N4O4S2. The number of carbonyl (C=O) groups is 1. The zero-order valence-corrected chi connectivity index (χ0v) is 17.1. The van der Waals surface area contributed by atoms with Crippen LogP contribution in [0.5, 0.6) is 0 Å². The molecule has 5 rings (SSSR count). The molecule has 0 aliphatic carbocycles. The number of thiophene rings is 1. The van der Waals surface area contributed by atoms with Crippen molar-refractivity contribution in [3.05, 3.63) is 74.5 Å². The molecule has 0 aliphatic heterocycles. The average molecular weight is 438 g/mol. The van der Waals surface area contributed by atoms with Crippen molar-refractivity contribution in [2.45, 2.75) is 19.6 Å². The maximum atomic E-state index is 12.5. The van der Waals surface area contributed by atoms with Crippen LogP contribution in [0.2, 0.25) is 0 Å². The van der Waals surface area contributed by atoms with Crippen LogP contribution in [0.4, 0.5) is 0 Å². The first-order valence-electron chi connectivity index (χ1n) is 9.08. The van der Waals surface area contributed by atoms with Gasteiger partial charge in [0.05, 0.1) is 34.0 Å². The number of hydrogen-bond acceptors (Lipinski definition) is 8. The molecule has 4 aromatic heterocycles. The largest absolute Gasteiger partial charge is 0.459 e. The van der Waals surface area contributed by atoms with Crippen LogP contribution in [0.25, 0.3) is 25.4 Å². The monoisotopic (exact) mass is 438 g/mol. The number of fused-ring (bicyclic) bond motifs is 4. The Hall–Kier alpha value is -3.37. The fraction of sp³-hybridized carbons (Fsp3) is 0.150. The summed E-state index contributed by atoms with van der Waals surface area (Å²) < 4.78 is 9.16. The van der Waals surface area contributed by atoms with Gasteiger partial charge in [-0.1, -0.05) is 23.5 Å². The van der Waals surface area contributed by atoms with Gasteiger partial charge in [0.1, 0.15) is 11.4 Å². The third-order valence-corrected chi connectivity index (χ3v) is 6.48. The highest BCUT2D eigenvalue weighted by molar-refractivity contribution is 7.23. The third-order valence-electron chi connectivity index (χ3n) is 4.64. The van der Waals surface area contributed by atoms with E-state index in [2.05, 4.69) is 9.97 Å². The Bertz CT molecular complexity index is 1530. The number of para-hydroxylation sites is 1. The molecule has 0 aliphatic rings. The van der Waals surface area contributed by atoms with E-state index in [-0.39, 0.29) is 30.7 Å². The summed E-state index contributed by atoms with van der Waals surface area (Å²) >= 11 is 2.80. The second-order valence-electron chi connectivity index (χ2n) is 6.57. The number of aryl methyl sites for hydroxylation is 1. The summed E-state index contributed by atoms with van der Waals surface area (Å²) in [6.45, 7) is 0.0669. The second-order valence-corrected chi connectivity index (χ2v) is 8.47. The second kappa shape index (κ2) is 7.47. The number of ether oxygens (including phenoxy) is 1. The molecule has 30 heavy (non-hydrogen) atoms. The summed E-state index contributed by atoms with van der Waals surface area (Å²) in [5.41, 5.74) is 0.794. The van der Waals surface area contributed by atoms with Crippen molar-refractivity contribution in [2.75, 3.05) is 0 Å². The first kappa shape index (κ1) is 18.6. The van der Waals surface area contributed by atoms with Gasteiger partial charge in [-0.15, -0.1) is 11.3 Å². The Morgan fingerprint density at radius 3 is 2.93 bits per heavy atom. The SMILES string of the molecule is O=C(CCn1cnc2sccc2c1=O)OCc1cc(=O)n2c(n1)sc1ccccc12. The molecule has 0 amide bonds. The van der Waals surface area contributed by atoms with Crippen molar-refractivity contribution in [1.82, 2.24) is 18.9 Å². The maximum absolute atomic E-state index is 12.5. The standard InChI is InChI=1S/C20H14N4O4S2/c25-16-9-12(22-20-24(16)14-3-1-2-4-15(14)30-20)10-28-17(26)5-7-23-11-21-18-13(19(23)27)6-8-29-18/h1-4,6,8-9,11H,5,7,10H2. The highest BCUT2D eigenvalue weighted by atomic mass is 32.1. The molecule has 0 saturated carbocycles. The van der Waals surface area contributed by atoms with E-state index in [4.69, 9.17) is 4.74 Å². The summed E-state index contributed by atoms with van der Waals surface area (Å²) in [4.78, 5) is 46.9. The van der Waals surface area contributed by atoms with E-state index in [0.29, 0.717) is 20.9 Å². The number of rotatable bonds is 5. The first-order valence-corrected chi connectivity index (χ1v) is 10.8. The summed E-state index contributed by atoms with van der Waals surface area (Å²) in [6.07, 6.45) is 1.45. The molecule has 8 nitrogen and oxygen atoms in total. The maximum Gasteiger partial charge on any atom is 0.307 e. The lowest BCUT2D eigenvalue weighted by atomic mass is 10.3. The normalized spacial score (nSPS) is 11.5. The molecule has 150 valence electrons. The smallest absolute Gasteiger partial charge is 0.307 e. The van der Waals surface area contributed by atoms with Gasteiger partial charge in [-0.25, -0.2) is 9.97 Å². The van der Waals surface area contributed by atoms with Crippen LogP contribution >= 0.6 is 22.7 Å². The Morgan fingerprint density at radius 1 is 1.17 bits per heavy atom. The molecule has 0 bridgehead atoms. The van der Waals surface area contributed by atoms with Gasteiger partial charge in [0.15, 0.2) is 4.96 Å². The topological polar surface area (TPSA) is 95.6 Å². The summed E-state index contributed by atoms with van der Waals surface area (Å²) in [7, 11) is 0. The van der Waals surface area contributed by atoms with E-state index in [1.807, 2.05) is 24.3 Å². The minimum Gasteiger partial charge on any atom is -0.459 e. The molecular weight excluding hydrogens is 424 g/mol. The fourth-order valence-corrected chi connectivity index (χ4v) is 4.96. The van der Waals surface area contributed by atoms with E-state index < -0.39 is 5.97 Å². The van der Waals surface area contributed by atoms with Gasteiger partial charge in [0, 0.05) is 12.6 Å². The van der Waals surface area contributed by atoms with Gasteiger partial charge in [0.2, 0.25) is 0 Å². The van der Waals surface area contributed by atoms with E-state index in [0.717, 1.165) is 10.2 Å². The molecule has 0 atom stereocenters. The van der Waals surface area contributed by atoms with Crippen molar-refractivity contribution >= 4 is 54.0 Å². The number of thiazole rings is 1. The van der Waals surface area contributed by atoms with Gasteiger partial charge in [-0.05, 0) is 23.6 Å². The fourth-order valence-electron chi connectivity index (χ4n) is 3.19. The van der Waals surface area contributed by atoms with Gasteiger partial charge in [-0.2, -0.15) is 0 Å². The quantitative estimate of drug-likeness (QED) is 0.392. The van der Waals surface area contributed by atoms with Crippen LogP contribution in [0.15, 0.2) is 57.7 Å². The Morgan fingerprint density at radius 2 is 2.03 bits per heavy atom. The van der Waals surface area contributed by atoms with Crippen molar-refractivity contribution in [3.8, 4) is 0 Å². The zero-order valence-electron chi connectivity index (χ0n) is 15.5. The highest BCUT2D eigenvalue weighted by Gasteiger charge is 2.12. The Balaban J connectivity index is 1.28. The van der Waals surface area contributed by atoms with Crippen LogP contribution in [0.3, 0.4) is 0 Å². The summed E-state index contributed by atoms with van der Waals surface area (Å²) in [6, 6.07) is 10.7. The van der Waals surface area contributed by atoms with Gasteiger partial charge < -0.3 is 4.74 Å². The van der Waals surface area contributed by atoms with Crippen molar-refractivity contribution < 1.29 is 9.53 Å². The number of hydrogen-bond donors (Lipinski definition) is 0. The van der Waals surface area contributed by atoms with Gasteiger partial charge >= 0.3 is 5.97 Å². The van der Waals surface area contributed by atoms with Crippen LogP contribution in [-0.4, -0.2) is 24.9 Å². The van der Waals surface area contributed by atoms with Crippen LogP contribution in [0.1, 0.15) is 12.1 Å². The minimum atomic E-state index is -0.481. The number of aromatic nitrogens is 4. The van der Waals surface area contributed by atoms with Crippen molar-refractivity contribution in [1.29, 1.82) is 0 Å². The molecule has 0 spiro atoms. The predicted molar refractivity (Wildman–Crippen MR) is 115 cm³/mol. The van der Waals surface area contributed by atoms with Crippen LogP contribution in [-0.2, 0) is 22.7 Å². The Kier molecular flexibility index (Phi) is 4.64. The lowest BCUT2D eigenvalue weighted by Crippen LogP contribution is -2.22. The minimum absolute atomic E-state index is 0.0152. The molecule has 0 N–H and O–H groups in total. The molecule has 0 saturated heterocycles.